The molecule has 1 aliphatic carbocycles. The Morgan fingerprint density at radius 1 is 1.59 bits per heavy atom. The molecule has 1 aromatic heterocycles. The van der Waals surface area contributed by atoms with Crippen LogP contribution in [0.2, 0.25) is 0 Å². The number of pyridine rings is 1. The van der Waals surface area contributed by atoms with Crippen LogP contribution in [0.1, 0.15) is 29.8 Å². The number of ether oxygens (including phenoxy) is 1. The number of nitrogens with one attached hydrogen (secondary N) is 1. The summed E-state index contributed by atoms with van der Waals surface area (Å²) in [5.74, 6) is -0.189. The fourth-order valence-electron chi connectivity index (χ4n) is 2.19. The van der Waals surface area contributed by atoms with Gasteiger partial charge in [0, 0.05) is 19.0 Å². The molecule has 0 aliphatic heterocycles. The lowest BCUT2D eigenvalue weighted by atomic mass is 10.2. The van der Waals surface area contributed by atoms with Crippen LogP contribution in [0.3, 0.4) is 0 Å². The molecule has 1 heterocycles. The average Bonchev–Trinajstić information content (AvgIpc) is 2.76. The van der Waals surface area contributed by atoms with E-state index in [0.29, 0.717) is 11.4 Å². The van der Waals surface area contributed by atoms with Crippen LogP contribution in [0.15, 0.2) is 18.3 Å². The van der Waals surface area contributed by atoms with Crippen LogP contribution in [0, 0.1) is 0 Å². The second kappa shape index (κ2) is 5.14. The second-order valence-corrected chi connectivity index (χ2v) is 4.26. The number of nitrogens with zero attached hydrogens (tertiary/aromatic N) is 1. The number of hydrogen-bond donors (Lipinski definition) is 2. The molecule has 0 bridgehead atoms. The first-order chi connectivity index (χ1) is 8.20. The Labute approximate surface area is 100 Å². The van der Waals surface area contributed by atoms with Crippen molar-refractivity contribution >= 4 is 11.6 Å². The minimum Gasteiger partial charge on any atom is -0.399 e. The van der Waals surface area contributed by atoms with Crippen molar-refractivity contribution in [1.29, 1.82) is 0 Å². The third-order valence-electron chi connectivity index (χ3n) is 3.09. The summed E-state index contributed by atoms with van der Waals surface area (Å²) in [6.07, 6.45) is 4.67. The first kappa shape index (κ1) is 11.9. The summed E-state index contributed by atoms with van der Waals surface area (Å²) in [6, 6.07) is 3.31. The van der Waals surface area contributed by atoms with Gasteiger partial charge in [0.05, 0.1) is 12.1 Å². The van der Waals surface area contributed by atoms with Gasteiger partial charge in [0.15, 0.2) is 0 Å². The van der Waals surface area contributed by atoms with Gasteiger partial charge in [0.2, 0.25) is 0 Å². The molecule has 0 spiro atoms. The van der Waals surface area contributed by atoms with Gasteiger partial charge in [0.1, 0.15) is 5.69 Å². The molecule has 2 rings (SSSR count). The van der Waals surface area contributed by atoms with E-state index in [9.17, 15) is 4.79 Å². The zero-order chi connectivity index (χ0) is 12.3. The number of nitrogens with two attached hydrogens (primary N) is 1. The Morgan fingerprint density at radius 3 is 3.12 bits per heavy atom. The predicted molar refractivity (Wildman–Crippen MR) is 64.6 cm³/mol. The maximum absolute atomic E-state index is 11.9. The van der Waals surface area contributed by atoms with E-state index < -0.39 is 0 Å². The number of nitrogen functional groups attached to an aromatic ring is 1. The number of amides is 1. The monoisotopic (exact) mass is 235 g/mol. The molecule has 2 atom stereocenters. The molecule has 1 saturated carbocycles. The van der Waals surface area contributed by atoms with Gasteiger partial charge in [-0.3, -0.25) is 9.78 Å². The van der Waals surface area contributed by atoms with E-state index in [4.69, 9.17) is 10.5 Å². The van der Waals surface area contributed by atoms with Crippen LogP contribution in [0.25, 0.3) is 0 Å². The Bertz CT molecular complexity index is 408. The van der Waals surface area contributed by atoms with Crippen LogP contribution >= 0.6 is 0 Å². The molecule has 1 amide bonds. The van der Waals surface area contributed by atoms with Crippen molar-refractivity contribution in [3.63, 3.8) is 0 Å². The summed E-state index contributed by atoms with van der Waals surface area (Å²) < 4.78 is 5.32. The zero-order valence-corrected chi connectivity index (χ0v) is 9.85. The second-order valence-electron chi connectivity index (χ2n) is 4.26. The lowest BCUT2D eigenvalue weighted by molar-refractivity contribution is 0.0719. The van der Waals surface area contributed by atoms with E-state index in [1.165, 1.54) is 6.20 Å². The molecule has 0 radical (unpaired) electrons. The highest BCUT2D eigenvalue weighted by Gasteiger charge is 2.28. The number of carbonyl (C=O) groups is 1. The predicted octanol–water partition coefficient (Wildman–Crippen LogP) is 0.961. The van der Waals surface area contributed by atoms with Crippen molar-refractivity contribution in [1.82, 2.24) is 10.3 Å². The summed E-state index contributed by atoms with van der Waals surface area (Å²) in [5, 5.41) is 2.94. The lowest BCUT2D eigenvalue weighted by Crippen LogP contribution is -2.41. The molecule has 17 heavy (non-hydrogen) atoms. The van der Waals surface area contributed by atoms with Gasteiger partial charge in [-0.1, -0.05) is 0 Å². The van der Waals surface area contributed by atoms with Crippen LogP contribution in [0.4, 0.5) is 5.69 Å². The molecule has 92 valence electrons. The first-order valence-corrected chi connectivity index (χ1v) is 5.76. The summed E-state index contributed by atoms with van der Waals surface area (Å²) in [4.78, 5) is 15.9. The highest BCUT2D eigenvalue weighted by molar-refractivity contribution is 5.93. The molecule has 5 heteroatoms. The van der Waals surface area contributed by atoms with Crippen LogP contribution in [-0.4, -0.2) is 30.1 Å². The van der Waals surface area contributed by atoms with Crippen LogP contribution in [-0.2, 0) is 4.74 Å². The van der Waals surface area contributed by atoms with Crippen LogP contribution < -0.4 is 11.1 Å². The minimum atomic E-state index is -0.189. The lowest BCUT2D eigenvalue weighted by Gasteiger charge is -2.19. The van der Waals surface area contributed by atoms with Crippen molar-refractivity contribution in [3.8, 4) is 0 Å². The fraction of sp³-hybridized carbons (Fsp3) is 0.500. The summed E-state index contributed by atoms with van der Waals surface area (Å²) in [7, 11) is 1.67. The summed E-state index contributed by atoms with van der Waals surface area (Å²) in [5.41, 5.74) is 6.51. The highest BCUT2D eigenvalue weighted by atomic mass is 16.5. The molecule has 0 aromatic carbocycles. The van der Waals surface area contributed by atoms with E-state index in [-0.39, 0.29) is 18.1 Å². The third kappa shape index (κ3) is 2.74. The number of carbonyl (C=O) groups excluding carboxylic acids is 1. The SMILES string of the molecule is COC1CCCC1NC(=O)c1cc(N)ccn1. The zero-order valence-electron chi connectivity index (χ0n) is 9.85. The Balaban J connectivity index is 2.01. The highest BCUT2D eigenvalue weighted by Crippen LogP contribution is 2.21. The van der Waals surface area contributed by atoms with E-state index >= 15 is 0 Å². The van der Waals surface area contributed by atoms with Gasteiger partial charge < -0.3 is 15.8 Å². The number of methoxy groups -OCH3 is 1. The normalized spacial score (nSPS) is 23.6. The van der Waals surface area contributed by atoms with Gasteiger partial charge in [0.25, 0.3) is 5.91 Å². The molecule has 0 saturated heterocycles. The number of anilines is 1. The number of rotatable bonds is 3. The van der Waals surface area contributed by atoms with Crippen molar-refractivity contribution in [3.05, 3.63) is 24.0 Å². The van der Waals surface area contributed by atoms with Crippen LogP contribution in [0.5, 0.6) is 0 Å². The maximum Gasteiger partial charge on any atom is 0.270 e. The Morgan fingerprint density at radius 2 is 2.41 bits per heavy atom. The van der Waals surface area contributed by atoms with E-state index in [1.807, 2.05) is 0 Å². The maximum atomic E-state index is 11.9. The van der Waals surface area contributed by atoms with Crippen molar-refractivity contribution in [2.24, 2.45) is 0 Å². The van der Waals surface area contributed by atoms with E-state index in [0.717, 1.165) is 19.3 Å². The number of hydrogen-bond acceptors (Lipinski definition) is 4. The van der Waals surface area contributed by atoms with Gasteiger partial charge in [-0.15, -0.1) is 0 Å². The topological polar surface area (TPSA) is 77.2 Å². The molecular weight excluding hydrogens is 218 g/mol. The summed E-state index contributed by atoms with van der Waals surface area (Å²) in [6.45, 7) is 0. The molecule has 5 nitrogen and oxygen atoms in total. The standard InChI is InChI=1S/C12H17N3O2/c1-17-11-4-2-3-9(11)15-12(16)10-7-8(13)5-6-14-10/h5-7,9,11H,2-4H2,1H3,(H2,13,14)(H,15,16). The van der Waals surface area contributed by atoms with E-state index in [1.54, 1.807) is 19.2 Å². The average molecular weight is 235 g/mol. The molecule has 1 fully saturated rings. The quantitative estimate of drug-likeness (QED) is 0.818. The molecule has 3 N–H and O–H groups in total. The molecule has 1 aliphatic rings. The largest absolute Gasteiger partial charge is 0.399 e. The Kier molecular flexibility index (Phi) is 3.58. The van der Waals surface area contributed by atoms with Gasteiger partial charge in [-0.2, -0.15) is 0 Å². The van der Waals surface area contributed by atoms with Crippen molar-refractivity contribution < 1.29 is 9.53 Å². The van der Waals surface area contributed by atoms with Gasteiger partial charge in [-0.05, 0) is 31.4 Å². The first-order valence-electron chi connectivity index (χ1n) is 5.76. The number of aromatic nitrogens is 1. The Hall–Kier alpha value is -1.62. The van der Waals surface area contributed by atoms with Crippen molar-refractivity contribution in [2.75, 3.05) is 12.8 Å². The molecule has 1 aromatic rings. The summed E-state index contributed by atoms with van der Waals surface area (Å²) >= 11 is 0. The van der Waals surface area contributed by atoms with Crippen molar-refractivity contribution in [2.45, 2.75) is 31.4 Å². The minimum absolute atomic E-state index is 0.0794. The fourth-order valence-corrected chi connectivity index (χ4v) is 2.19. The smallest absolute Gasteiger partial charge is 0.270 e. The van der Waals surface area contributed by atoms with Gasteiger partial charge >= 0.3 is 0 Å². The third-order valence-corrected chi connectivity index (χ3v) is 3.09. The molecular formula is C12H17N3O2. The molecule has 2 unspecified atom stereocenters. The van der Waals surface area contributed by atoms with Gasteiger partial charge in [-0.25, -0.2) is 0 Å². The van der Waals surface area contributed by atoms with E-state index in [2.05, 4.69) is 10.3 Å².